The molecule has 9 heteroatoms. The maximum atomic E-state index is 6.10. The number of ether oxygens (including phenoxy) is 2. The second-order valence-electron chi connectivity index (χ2n) is 7.44. The second-order valence-corrected chi connectivity index (χ2v) is 7.44. The molecular weight excluding hydrogens is 370 g/mol. The number of aromatic nitrogens is 5. The van der Waals surface area contributed by atoms with Crippen LogP contribution >= 0.6 is 0 Å². The second kappa shape index (κ2) is 8.30. The lowest BCUT2D eigenvalue weighted by molar-refractivity contribution is 0.139. The van der Waals surface area contributed by atoms with Crippen molar-refractivity contribution in [3.63, 3.8) is 0 Å². The maximum absolute atomic E-state index is 6.10. The van der Waals surface area contributed by atoms with Crippen LogP contribution in [0.4, 0.5) is 5.69 Å². The van der Waals surface area contributed by atoms with E-state index in [2.05, 4.69) is 48.2 Å². The van der Waals surface area contributed by atoms with E-state index in [-0.39, 0.29) is 6.10 Å². The molecule has 0 amide bonds. The van der Waals surface area contributed by atoms with Gasteiger partial charge in [-0.1, -0.05) is 0 Å². The zero-order chi connectivity index (χ0) is 19.5. The van der Waals surface area contributed by atoms with Gasteiger partial charge in [-0.3, -0.25) is 4.90 Å². The van der Waals surface area contributed by atoms with E-state index in [1.807, 2.05) is 0 Å². The number of anilines is 1. The molecule has 0 aliphatic carbocycles. The monoisotopic (exact) mass is 395 g/mol. The molecular formula is C20H25N7O2. The summed E-state index contributed by atoms with van der Waals surface area (Å²) in [5.74, 6) is 0.651. The van der Waals surface area contributed by atoms with Gasteiger partial charge in [-0.2, -0.15) is 15.0 Å². The standard InChI is InChI=1S/C20H25N7O2/c1-2-19-18(20(22-15-21-19)29-17-3-12-28-14-17)13-16(1)26-9-6-25(7-10-26)8-11-27-23-4-5-24-27/h1-2,4-5,13,15,17H,3,6-12,14H2. The lowest BCUT2D eigenvalue weighted by atomic mass is 10.2. The van der Waals surface area contributed by atoms with Gasteiger partial charge in [0.1, 0.15) is 12.4 Å². The molecule has 0 bridgehead atoms. The molecule has 0 N–H and O–H groups in total. The number of piperazine rings is 1. The van der Waals surface area contributed by atoms with Crippen LogP contribution in [0, 0.1) is 0 Å². The van der Waals surface area contributed by atoms with Gasteiger partial charge in [-0.25, -0.2) is 9.97 Å². The third kappa shape index (κ3) is 4.15. The molecule has 29 heavy (non-hydrogen) atoms. The van der Waals surface area contributed by atoms with Crippen LogP contribution in [0.3, 0.4) is 0 Å². The SMILES string of the molecule is c1nc(OC2CCOC2)c2cc(N3CCN(CCn4nccn4)CC3)ccc2n1. The van der Waals surface area contributed by atoms with E-state index in [1.54, 1.807) is 23.5 Å². The Balaban J connectivity index is 1.25. The van der Waals surface area contributed by atoms with E-state index in [9.17, 15) is 0 Å². The zero-order valence-electron chi connectivity index (χ0n) is 16.4. The summed E-state index contributed by atoms with van der Waals surface area (Å²) in [7, 11) is 0. The molecule has 2 saturated heterocycles. The maximum Gasteiger partial charge on any atom is 0.224 e. The third-order valence-corrected chi connectivity index (χ3v) is 5.57. The minimum atomic E-state index is 0.0737. The van der Waals surface area contributed by atoms with E-state index in [4.69, 9.17) is 9.47 Å². The van der Waals surface area contributed by atoms with Crippen LogP contribution in [0.1, 0.15) is 6.42 Å². The van der Waals surface area contributed by atoms with E-state index in [0.29, 0.717) is 12.5 Å². The minimum Gasteiger partial charge on any atom is -0.471 e. The molecule has 3 aromatic rings. The van der Waals surface area contributed by atoms with Crippen molar-refractivity contribution < 1.29 is 9.47 Å². The first-order chi connectivity index (χ1) is 14.3. The molecule has 152 valence electrons. The highest BCUT2D eigenvalue weighted by molar-refractivity contribution is 5.86. The number of hydrogen-bond acceptors (Lipinski definition) is 8. The molecule has 2 aromatic heterocycles. The summed E-state index contributed by atoms with van der Waals surface area (Å²) in [6.45, 7) is 7.18. The Bertz CT molecular complexity index is 935. The summed E-state index contributed by atoms with van der Waals surface area (Å²) >= 11 is 0. The molecule has 2 aliphatic rings. The molecule has 1 unspecified atom stereocenters. The summed E-state index contributed by atoms with van der Waals surface area (Å²) < 4.78 is 11.5. The normalized spacial score (nSPS) is 20.4. The van der Waals surface area contributed by atoms with Gasteiger partial charge < -0.3 is 14.4 Å². The topological polar surface area (TPSA) is 81.4 Å². The number of fused-ring (bicyclic) bond motifs is 1. The van der Waals surface area contributed by atoms with Gasteiger partial charge in [-0.15, -0.1) is 0 Å². The smallest absolute Gasteiger partial charge is 0.224 e. The molecule has 4 heterocycles. The first-order valence-corrected chi connectivity index (χ1v) is 10.2. The van der Waals surface area contributed by atoms with Crippen molar-refractivity contribution in [3.05, 3.63) is 36.9 Å². The lowest BCUT2D eigenvalue weighted by Gasteiger charge is -2.36. The van der Waals surface area contributed by atoms with Gasteiger partial charge in [0.2, 0.25) is 5.88 Å². The van der Waals surface area contributed by atoms with Crippen LogP contribution < -0.4 is 9.64 Å². The van der Waals surface area contributed by atoms with Crippen molar-refractivity contribution in [2.45, 2.75) is 19.1 Å². The summed E-state index contributed by atoms with van der Waals surface area (Å²) in [5, 5.41) is 9.31. The molecule has 0 saturated carbocycles. The lowest BCUT2D eigenvalue weighted by Crippen LogP contribution is -2.47. The number of rotatable bonds is 6. The Kier molecular flexibility index (Phi) is 5.23. The van der Waals surface area contributed by atoms with E-state index >= 15 is 0 Å². The van der Waals surface area contributed by atoms with Gasteiger partial charge in [0, 0.05) is 44.8 Å². The van der Waals surface area contributed by atoms with E-state index < -0.39 is 0 Å². The summed E-state index contributed by atoms with van der Waals surface area (Å²) in [4.78, 5) is 15.4. The minimum absolute atomic E-state index is 0.0737. The fourth-order valence-electron chi connectivity index (χ4n) is 3.89. The van der Waals surface area contributed by atoms with Crippen LogP contribution in [0.5, 0.6) is 5.88 Å². The Morgan fingerprint density at radius 2 is 1.90 bits per heavy atom. The van der Waals surface area contributed by atoms with Crippen molar-refractivity contribution >= 4 is 16.6 Å². The Morgan fingerprint density at radius 1 is 1.03 bits per heavy atom. The predicted octanol–water partition coefficient (Wildman–Crippen LogP) is 1.21. The molecule has 5 rings (SSSR count). The highest BCUT2D eigenvalue weighted by Crippen LogP contribution is 2.28. The highest BCUT2D eigenvalue weighted by Gasteiger charge is 2.21. The van der Waals surface area contributed by atoms with E-state index in [0.717, 1.165) is 63.2 Å². The number of nitrogens with zero attached hydrogens (tertiary/aromatic N) is 7. The van der Waals surface area contributed by atoms with Crippen molar-refractivity contribution in [1.82, 2.24) is 29.9 Å². The van der Waals surface area contributed by atoms with Crippen molar-refractivity contribution in [2.75, 3.05) is 50.8 Å². The van der Waals surface area contributed by atoms with Crippen LogP contribution in [-0.4, -0.2) is 81.9 Å². The summed E-state index contributed by atoms with van der Waals surface area (Å²) in [6, 6.07) is 6.35. The quantitative estimate of drug-likeness (QED) is 0.616. The van der Waals surface area contributed by atoms with Gasteiger partial charge in [0.05, 0.1) is 43.1 Å². The molecule has 2 aliphatic heterocycles. The molecule has 1 aromatic carbocycles. The fraction of sp³-hybridized carbons (Fsp3) is 0.500. The van der Waals surface area contributed by atoms with Crippen LogP contribution in [0.25, 0.3) is 10.9 Å². The molecule has 0 radical (unpaired) electrons. The Labute approximate surface area is 169 Å². The largest absolute Gasteiger partial charge is 0.471 e. The molecule has 0 spiro atoms. The summed E-state index contributed by atoms with van der Waals surface area (Å²) in [6.07, 6.45) is 5.99. The average molecular weight is 395 g/mol. The summed E-state index contributed by atoms with van der Waals surface area (Å²) in [5.41, 5.74) is 2.09. The van der Waals surface area contributed by atoms with Crippen molar-refractivity contribution in [2.24, 2.45) is 0 Å². The van der Waals surface area contributed by atoms with Gasteiger partial charge in [0.25, 0.3) is 0 Å². The Hall–Kier alpha value is -2.78. The van der Waals surface area contributed by atoms with E-state index in [1.165, 1.54) is 5.69 Å². The molecule has 1 atom stereocenters. The number of benzene rings is 1. The van der Waals surface area contributed by atoms with Gasteiger partial charge in [0.15, 0.2) is 0 Å². The molecule has 9 nitrogen and oxygen atoms in total. The predicted molar refractivity (Wildman–Crippen MR) is 108 cm³/mol. The third-order valence-electron chi connectivity index (χ3n) is 5.57. The van der Waals surface area contributed by atoms with Crippen LogP contribution in [-0.2, 0) is 11.3 Å². The van der Waals surface area contributed by atoms with Crippen molar-refractivity contribution in [3.8, 4) is 5.88 Å². The molecule has 2 fully saturated rings. The number of hydrogen-bond donors (Lipinski definition) is 0. The van der Waals surface area contributed by atoms with Crippen LogP contribution in [0.15, 0.2) is 36.9 Å². The average Bonchev–Trinajstić information content (AvgIpc) is 3.47. The van der Waals surface area contributed by atoms with Crippen LogP contribution in [0.2, 0.25) is 0 Å². The Morgan fingerprint density at radius 3 is 2.69 bits per heavy atom. The fourth-order valence-corrected chi connectivity index (χ4v) is 3.89. The highest BCUT2D eigenvalue weighted by atomic mass is 16.5. The zero-order valence-corrected chi connectivity index (χ0v) is 16.4. The van der Waals surface area contributed by atoms with Gasteiger partial charge >= 0.3 is 0 Å². The van der Waals surface area contributed by atoms with Crippen molar-refractivity contribution in [1.29, 1.82) is 0 Å². The first kappa shape index (κ1) is 18.3. The first-order valence-electron chi connectivity index (χ1n) is 10.2. The van der Waals surface area contributed by atoms with Gasteiger partial charge in [-0.05, 0) is 18.2 Å².